The highest BCUT2D eigenvalue weighted by atomic mass is 15.1. The van der Waals surface area contributed by atoms with Crippen molar-refractivity contribution in [3.63, 3.8) is 0 Å². The summed E-state index contributed by atoms with van der Waals surface area (Å²) in [5, 5.41) is 4.94. The minimum Gasteiger partial charge on any atom is -0.310 e. The van der Waals surface area contributed by atoms with Gasteiger partial charge in [-0.25, -0.2) is 0 Å². The van der Waals surface area contributed by atoms with E-state index in [0.717, 1.165) is 33.9 Å². The predicted octanol–water partition coefficient (Wildman–Crippen LogP) is 16.1. The molecule has 0 fully saturated rings. The maximum absolute atomic E-state index is 2.43. The van der Waals surface area contributed by atoms with Gasteiger partial charge >= 0.3 is 0 Å². The van der Waals surface area contributed by atoms with Gasteiger partial charge in [0.15, 0.2) is 0 Å². The number of hydrogen-bond donors (Lipinski definition) is 0. The molecule has 2 nitrogen and oxygen atoms in total. The molecule has 0 spiro atoms. The van der Waals surface area contributed by atoms with Crippen LogP contribution in [0.2, 0.25) is 0 Å². The first-order valence-electron chi connectivity index (χ1n) is 20.6. The largest absolute Gasteiger partial charge is 0.310 e. The Bertz CT molecular complexity index is 3230. The Kier molecular flexibility index (Phi) is 8.87. The van der Waals surface area contributed by atoms with Crippen molar-refractivity contribution >= 4 is 49.6 Å². The van der Waals surface area contributed by atoms with E-state index in [1.165, 1.54) is 66.0 Å². The molecule has 0 unspecified atom stereocenters. The number of hydrogen-bond acceptors (Lipinski definition) is 1. The molecule has 1 heterocycles. The molecule has 11 aromatic rings. The Morgan fingerprint density at radius 1 is 0.283 bits per heavy atom. The van der Waals surface area contributed by atoms with Crippen molar-refractivity contribution in [1.29, 1.82) is 0 Å². The first-order chi connectivity index (χ1) is 29.8. The summed E-state index contributed by atoms with van der Waals surface area (Å²) in [6.07, 6.45) is 0. The molecule has 11 rings (SSSR count). The highest BCUT2D eigenvalue weighted by molar-refractivity contribution is 6.10. The van der Waals surface area contributed by atoms with Crippen molar-refractivity contribution in [1.82, 2.24) is 4.57 Å². The fraction of sp³-hybridized carbons (Fsp3) is 0. The van der Waals surface area contributed by atoms with Gasteiger partial charge in [0, 0.05) is 33.3 Å². The average Bonchev–Trinajstić information content (AvgIpc) is 3.67. The molecule has 282 valence electrons. The lowest BCUT2D eigenvalue weighted by Crippen LogP contribution is -2.11. The Morgan fingerprint density at radius 2 is 0.750 bits per heavy atom. The highest BCUT2D eigenvalue weighted by Gasteiger charge is 2.21. The summed E-state index contributed by atoms with van der Waals surface area (Å²) in [6.45, 7) is 0. The molecule has 0 saturated carbocycles. The van der Waals surface area contributed by atoms with Crippen molar-refractivity contribution in [2.24, 2.45) is 0 Å². The molecular weight excluding hydrogens is 725 g/mol. The molecule has 60 heavy (non-hydrogen) atoms. The van der Waals surface area contributed by atoms with Gasteiger partial charge in [-0.3, -0.25) is 0 Å². The van der Waals surface area contributed by atoms with Crippen molar-refractivity contribution < 1.29 is 0 Å². The van der Waals surface area contributed by atoms with Crippen molar-refractivity contribution in [3.05, 3.63) is 243 Å². The topological polar surface area (TPSA) is 8.17 Å². The standard InChI is InChI=1S/C58H40N2/c1-3-16-41(17-4-1)42-30-32-43(33-31-42)44-34-37-48(38-35-44)59(47-20-5-2-6-21-47)58-39-36-46(40-54(58)51-26-15-19-45-18-7-8-22-49(45)51)50-23-9-12-27-55(50)60-56-28-13-10-24-52(56)53-25-11-14-29-57(53)60/h1-40H. The quantitative estimate of drug-likeness (QED) is 0.150. The lowest BCUT2D eigenvalue weighted by Gasteiger charge is -2.29. The molecule has 2 heteroatoms. The zero-order valence-electron chi connectivity index (χ0n) is 33.0. The van der Waals surface area contributed by atoms with E-state index in [2.05, 4.69) is 252 Å². The van der Waals surface area contributed by atoms with E-state index in [1.807, 2.05) is 0 Å². The molecular formula is C58H40N2. The van der Waals surface area contributed by atoms with Crippen LogP contribution in [0.1, 0.15) is 0 Å². The molecule has 1 aromatic heterocycles. The van der Waals surface area contributed by atoms with Crippen LogP contribution in [0.25, 0.3) is 82.8 Å². The molecule has 0 atom stereocenters. The smallest absolute Gasteiger partial charge is 0.0541 e. The molecule has 0 bridgehead atoms. The van der Waals surface area contributed by atoms with Crippen LogP contribution in [0, 0.1) is 0 Å². The van der Waals surface area contributed by atoms with Gasteiger partial charge in [-0.05, 0) is 98.8 Å². The van der Waals surface area contributed by atoms with Gasteiger partial charge in [0.25, 0.3) is 0 Å². The number of benzene rings is 10. The van der Waals surface area contributed by atoms with Gasteiger partial charge in [0.05, 0.1) is 22.4 Å². The molecule has 0 saturated heterocycles. The predicted molar refractivity (Wildman–Crippen MR) is 255 cm³/mol. The first-order valence-corrected chi connectivity index (χ1v) is 20.6. The highest BCUT2D eigenvalue weighted by Crippen LogP contribution is 2.46. The zero-order chi connectivity index (χ0) is 39.8. The van der Waals surface area contributed by atoms with E-state index in [-0.39, 0.29) is 0 Å². The SMILES string of the molecule is c1ccc(-c2ccc(-c3ccc(N(c4ccccc4)c4ccc(-c5ccccc5-n5c6ccccc6c6ccccc65)cc4-c4cccc5ccccc45)cc3)cc2)cc1. The van der Waals surface area contributed by atoms with E-state index in [4.69, 9.17) is 0 Å². The van der Waals surface area contributed by atoms with Crippen LogP contribution in [0.15, 0.2) is 243 Å². The third-order valence-electron chi connectivity index (χ3n) is 11.8. The van der Waals surface area contributed by atoms with Crippen molar-refractivity contribution in [2.45, 2.75) is 0 Å². The number of anilines is 3. The van der Waals surface area contributed by atoms with Crippen LogP contribution < -0.4 is 4.90 Å². The maximum Gasteiger partial charge on any atom is 0.0541 e. The summed E-state index contributed by atoms with van der Waals surface area (Å²) in [7, 11) is 0. The Hall–Kier alpha value is -7.94. The monoisotopic (exact) mass is 764 g/mol. The molecule has 0 amide bonds. The minimum atomic E-state index is 1.09. The summed E-state index contributed by atoms with van der Waals surface area (Å²) in [5.41, 5.74) is 16.3. The Balaban J connectivity index is 1.09. The van der Waals surface area contributed by atoms with E-state index < -0.39 is 0 Å². The van der Waals surface area contributed by atoms with Gasteiger partial charge in [-0.2, -0.15) is 0 Å². The number of fused-ring (bicyclic) bond motifs is 4. The first kappa shape index (κ1) is 35.2. The third kappa shape index (κ3) is 6.23. The van der Waals surface area contributed by atoms with E-state index >= 15 is 0 Å². The maximum atomic E-state index is 2.43. The second-order valence-corrected chi connectivity index (χ2v) is 15.3. The van der Waals surface area contributed by atoms with Gasteiger partial charge in [-0.15, -0.1) is 0 Å². The van der Waals surface area contributed by atoms with E-state index in [9.17, 15) is 0 Å². The van der Waals surface area contributed by atoms with E-state index in [0.29, 0.717) is 0 Å². The summed E-state index contributed by atoms with van der Waals surface area (Å²) in [4.78, 5) is 2.40. The third-order valence-corrected chi connectivity index (χ3v) is 11.8. The Labute approximate surface area is 350 Å². The zero-order valence-corrected chi connectivity index (χ0v) is 33.0. The van der Waals surface area contributed by atoms with Crippen LogP contribution in [-0.4, -0.2) is 4.57 Å². The number of nitrogens with zero attached hydrogens (tertiary/aromatic N) is 2. The molecule has 10 aromatic carbocycles. The Morgan fingerprint density at radius 3 is 1.43 bits per heavy atom. The second-order valence-electron chi connectivity index (χ2n) is 15.3. The normalized spacial score (nSPS) is 11.3. The molecule has 0 aliphatic heterocycles. The number of aromatic nitrogens is 1. The second kappa shape index (κ2) is 15.1. The van der Waals surface area contributed by atoms with Crippen LogP contribution in [0.5, 0.6) is 0 Å². The molecule has 0 aliphatic rings. The summed E-state index contributed by atoms with van der Waals surface area (Å²) < 4.78 is 2.43. The molecule has 0 N–H and O–H groups in total. The number of para-hydroxylation sites is 4. The van der Waals surface area contributed by atoms with Gasteiger partial charge in [0.1, 0.15) is 0 Å². The van der Waals surface area contributed by atoms with Crippen LogP contribution in [0.3, 0.4) is 0 Å². The van der Waals surface area contributed by atoms with Crippen molar-refractivity contribution in [2.75, 3.05) is 4.90 Å². The average molecular weight is 765 g/mol. The van der Waals surface area contributed by atoms with Gasteiger partial charge < -0.3 is 9.47 Å². The van der Waals surface area contributed by atoms with Gasteiger partial charge in [0.2, 0.25) is 0 Å². The van der Waals surface area contributed by atoms with Crippen LogP contribution in [0.4, 0.5) is 17.1 Å². The number of rotatable bonds is 8. The van der Waals surface area contributed by atoms with Gasteiger partial charge in [-0.1, -0.05) is 188 Å². The lowest BCUT2D eigenvalue weighted by atomic mass is 9.92. The van der Waals surface area contributed by atoms with Crippen molar-refractivity contribution in [3.8, 4) is 50.2 Å². The molecule has 0 radical (unpaired) electrons. The summed E-state index contributed by atoms with van der Waals surface area (Å²) in [5.74, 6) is 0. The fourth-order valence-electron chi connectivity index (χ4n) is 8.96. The van der Waals surface area contributed by atoms with Crippen LogP contribution >= 0.6 is 0 Å². The van der Waals surface area contributed by atoms with Crippen LogP contribution in [-0.2, 0) is 0 Å². The van der Waals surface area contributed by atoms with E-state index in [1.54, 1.807) is 0 Å². The lowest BCUT2D eigenvalue weighted by molar-refractivity contribution is 1.18. The summed E-state index contributed by atoms with van der Waals surface area (Å²) >= 11 is 0. The molecule has 0 aliphatic carbocycles. The fourth-order valence-corrected chi connectivity index (χ4v) is 8.96. The summed E-state index contributed by atoms with van der Waals surface area (Å²) in [6, 6.07) is 87.9. The minimum absolute atomic E-state index is 1.09.